The summed E-state index contributed by atoms with van der Waals surface area (Å²) in [5, 5.41) is 19.6. The SMILES string of the molecule is O=C(NC(Cc1ccccc1)C(=O)O)c1ccccc1-c1cc(-c2ccccc2)[nH]n1. The second-order valence-electron chi connectivity index (χ2n) is 7.13. The fourth-order valence-electron chi connectivity index (χ4n) is 3.42. The Morgan fingerprint density at radius 2 is 1.55 bits per heavy atom. The minimum absolute atomic E-state index is 0.199. The summed E-state index contributed by atoms with van der Waals surface area (Å²) in [5.41, 5.74) is 4.26. The number of hydrogen-bond acceptors (Lipinski definition) is 3. The van der Waals surface area contributed by atoms with E-state index < -0.39 is 17.9 Å². The van der Waals surface area contributed by atoms with Crippen molar-refractivity contribution < 1.29 is 14.7 Å². The van der Waals surface area contributed by atoms with Gasteiger partial charge in [0.15, 0.2) is 0 Å². The van der Waals surface area contributed by atoms with E-state index >= 15 is 0 Å². The quantitative estimate of drug-likeness (QED) is 0.425. The van der Waals surface area contributed by atoms with Crippen LogP contribution < -0.4 is 5.32 Å². The number of aromatic nitrogens is 2. The lowest BCUT2D eigenvalue weighted by Gasteiger charge is -2.16. The van der Waals surface area contributed by atoms with Gasteiger partial charge < -0.3 is 10.4 Å². The standard InChI is InChI=1S/C25H21N3O3/c29-24(26-23(25(30)31)15-17-9-3-1-4-10-17)20-14-8-7-13-19(20)22-16-21(27-28-22)18-11-5-2-6-12-18/h1-14,16,23H,15H2,(H,26,29)(H,27,28)(H,30,31). The van der Waals surface area contributed by atoms with Crippen molar-refractivity contribution in [1.29, 1.82) is 0 Å². The Morgan fingerprint density at radius 1 is 0.903 bits per heavy atom. The highest BCUT2D eigenvalue weighted by Crippen LogP contribution is 2.26. The Balaban J connectivity index is 1.58. The molecule has 6 heteroatoms. The molecule has 4 aromatic rings. The number of amides is 1. The van der Waals surface area contributed by atoms with Crippen LogP contribution in [0.1, 0.15) is 15.9 Å². The van der Waals surface area contributed by atoms with E-state index in [-0.39, 0.29) is 6.42 Å². The zero-order valence-corrected chi connectivity index (χ0v) is 16.7. The van der Waals surface area contributed by atoms with Crippen LogP contribution in [-0.2, 0) is 11.2 Å². The molecule has 0 aliphatic rings. The Bertz CT molecular complexity index is 1190. The van der Waals surface area contributed by atoms with Gasteiger partial charge in [0.05, 0.1) is 11.4 Å². The monoisotopic (exact) mass is 411 g/mol. The van der Waals surface area contributed by atoms with Gasteiger partial charge in [0.1, 0.15) is 6.04 Å². The first-order chi connectivity index (χ1) is 15.1. The molecule has 3 aromatic carbocycles. The van der Waals surface area contributed by atoms with E-state index in [0.29, 0.717) is 16.8 Å². The molecule has 1 unspecified atom stereocenters. The van der Waals surface area contributed by atoms with E-state index in [1.807, 2.05) is 72.8 Å². The van der Waals surface area contributed by atoms with Crippen LogP contribution >= 0.6 is 0 Å². The Hall–Kier alpha value is -4.19. The molecule has 1 aromatic heterocycles. The molecule has 0 spiro atoms. The number of carboxylic acid groups (broad SMARTS) is 1. The molecule has 0 aliphatic carbocycles. The van der Waals surface area contributed by atoms with E-state index in [4.69, 9.17) is 0 Å². The molecule has 4 rings (SSSR count). The van der Waals surface area contributed by atoms with Crippen molar-refractivity contribution in [3.05, 3.63) is 102 Å². The molecule has 1 atom stereocenters. The van der Waals surface area contributed by atoms with Crippen LogP contribution in [0.5, 0.6) is 0 Å². The lowest BCUT2D eigenvalue weighted by atomic mass is 10.0. The summed E-state index contributed by atoms with van der Waals surface area (Å²) in [6.07, 6.45) is 0.199. The van der Waals surface area contributed by atoms with Crippen molar-refractivity contribution in [3.8, 4) is 22.5 Å². The number of carbonyl (C=O) groups is 2. The molecule has 1 heterocycles. The van der Waals surface area contributed by atoms with Crippen LogP contribution in [0.2, 0.25) is 0 Å². The van der Waals surface area contributed by atoms with Crippen molar-refractivity contribution in [2.24, 2.45) is 0 Å². The topological polar surface area (TPSA) is 95.1 Å². The van der Waals surface area contributed by atoms with Crippen LogP contribution in [0.4, 0.5) is 0 Å². The number of carboxylic acids is 1. The molecule has 154 valence electrons. The van der Waals surface area contributed by atoms with E-state index in [2.05, 4.69) is 15.5 Å². The summed E-state index contributed by atoms with van der Waals surface area (Å²) in [6, 6.07) is 26.8. The summed E-state index contributed by atoms with van der Waals surface area (Å²) in [4.78, 5) is 24.8. The van der Waals surface area contributed by atoms with E-state index in [1.165, 1.54) is 0 Å². The van der Waals surface area contributed by atoms with Crippen molar-refractivity contribution in [3.63, 3.8) is 0 Å². The fraction of sp³-hybridized carbons (Fsp3) is 0.0800. The maximum Gasteiger partial charge on any atom is 0.326 e. The molecule has 31 heavy (non-hydrogen) atoms. The Labute approximate surface area is 179 Å². The fourth-order valence-corrected chi connectivity index (χ4v) is 3.42. The van der Waals surface area contributed by atoms with E-state index in [0.717, 1.165) is 16.8 Å². The third-order valence-corrected chi connectivity index (χ3v) is 5.00. The second-order valence-corrected chi connectivity index (χ2v) is 7.13. The average Bonchev–Trinajstić information content (AvgIpc) is 3.30. The molecule has 3 N–H and O–H groups in total. The summed E-state index contributed by atoms with van der Waals surface area (Å²) in [5.74, 6) is -1.54. The number of benzene rings is 3. The van der Waals surface area contributed by atoms with Crippen LogP contribution in [-0.4, -0.2) is 33.2 Å². The van der Waals surface area contributed by atoms with Crippen LogP contribution in [0.25, 0.3) is 22.5 Å². The third-order valence-electron chi connectivity index (χ3n) is 5.00. The normalized spacial score (nSPS) is 11.6. The predicted molar refractivity (Wildman–Crippen MR) is 118 cm³/mol. The molecular weight excluding hydrogens is 390 g/mol. The number of nitrogens with one attached hydrogen (secondary N) is 2. The number of hydrogen-bond donors (Lipinski definition) is 3. The minimum Gasteiger partial charge on any atom is -0.480 e. The largest absolute Gasteiger partial charge is 0.480 e. The lowest BCUT2D eigenvalue weighted by Crippen LogP contribution is -2.42. The molecule has 0 saturated heterocycles. The number of aromatic amines is 1. The number of carbonyl (C=O) groups excluding carboxylic acids is 1. The van der Waals surface area contributed by atoms with Crippen molar-refractivity contribution in [1.82, 2.24) is 15.5 Å². The predicted octanol–water partition coefficient (Wildman–Crippen LogP) is 4.17. The zero-order valence-electron chi connectivity index (χ0n) is 16.7. The summed E-state index contributed by atoms with van der Waals surface area (Å²) in [7, 11) is 0. The summed E-state index contributed by atoms with van der Waals surface area (Å²) < 4.78 is 0. The third kappa shape index (κ3) is 4.70. The maximum atomic E-state index is 13.0. The molecular formula is C25H21N3O3. The number of H-pyrrole nitrogens is 1. The van der Waals surface area contributed by atoms with Gasteiger partial charge in [0, 0.05) is 17.5 Å². The molecule has 6 nitrogen and oxygen atoms in total. The van der Waals surface area contributed by atoms with Crippen LogP contribution in [0.15, 0.2) is 91.0 Å². The number of nitrogens with zero attached hydrogens (tertiary/aromatic N) is 1. The van der Waals surface area contributed by atoms with Crippen molar-refractivity contribution in [2.75, 3.05) is 0 Å². The van der Waals surface area contributed by atoms with E-state index in [9.17, 15) is 14.7 Å². The van der Waals surface area contributed by atoms with Gasteiger partial charge >= 0.3 is 5.97 Å². The van der Waals surface area contributed by atoms with Crippen molar-refractivity contribution >= 4 is 11.9 Å². The van der Waals surface area contributed by atoms with Crippen LogP contribution in [0.3, 0.4) is 0 Å². The first-order valence-corrected chi connectivity index (χ1v) is 9.89. The van der Waals surface area contributed by atoms with Gasteiger partial charge in [-0.3, -0.25) is 9.89 Å². The molecule has 0 fully saturated rings. The number of rotatable bonds is 7. The van der Waals surface area contributed by atoms with E-state index in [1.54, 1.807) is 18.2 Å². The van der Waals surface area contributed by atoms with Gasteiger partial charge in [0.2, 0.25) is 0 Å². The summed E-state index contributed by atoms with van der Waals surface area (Å²) in [6.45, 7) is 0. The minimum atomic E-state index is -1.08. The molecule has 0 aliphatic heterocycles. The maximum absolute atomic E-state index is 13.0. The Morgan fingerprint density at radius 3 is 2.26 bits per heavy atom. The molecule has 0 bridgehead atoms. The Kier molecular flexibility index (Phi) is 5.89. The second kappa shape index (κ2) is 9.09. The smallest absolute Gasteiger partial charge is 0.326 e. The first-order valence-electron chi connectivity index (χ1n) is 9.89. The molecule has 0 saturated carbocycles. The average molecular weight is 411 g/mol. The highest BCUT2D eigenvalue weighted by molar-refractivity contribution is 6.02. The molecule has 0 radical (unpaired) electrons. The summed E-state index contributed by atoms with van der Waals surface area (Å²) >= 11 is 0. The van der Waals surface area contributed by atoms with Gasteiger partial charge in [-0.15, -0.1) is 0 Å². The lowest BCUT2D eigenvalue weighted by molar-refractivity contribution is -0.139. The van der Waals surface area contributed by atoms with Gasteiger partial charge in [-0.05, 0) is 23.3 Å². The van der Waals surface area contributed by atoms with Gasteiger partial charge in [-0.2, -0.15) is 5.10 Å². The first kappa shape index (κ1) is 20.1. The molecule has 1 amide bonds. The van der Waals surface area contributed by atoms with Crippen LogP contribution in [0, 0.1) is 0 Å². The van der Waals surface area contributed by atoms with Gasteiger partial charge in [-0.25, -0.2) is 4.79 Å². The zero-order chi connectivity index (χ0) is 21.6. The van der Waals surface area contributed by atoms with Gasteiger partial charge in [0.25, 0.3) is 5.91 Å². The van der Waals surface area contributed by atoms with Crippen molar-refractivity contribution in [2.45, 2.75) is 12.5 Å². The number of aliphatic carboxylic acids is 1. The van der Waals surface area contributed by atoms with Gasteiger partial charge in [-0.1, -0.05) is 78.9 Å². The highest BCUT2D eigenvalue weighted by atomic mass is 16.4. The highest BCUT2D eigenvalue weighted by Gasteiger charge is 2.23.